The van der Waals surface area contributed by atoms with Crippen LogP contribution in [0, 0.1) is 0 Å². The van der Waals surface area contributed by atoms with E-state index in [1.165, 1.54) is 12.8 Å². The largest absolute Gasteiger partial charge is 0.463 e. The Labute approximate surface area is 69.1 Å². The third kappa shape index (κ3) is 1.97. The standard InChI is InChI=1S/C7H11BrO2/c8-6-3-1-2-4-7(6)10-5-9/h5-7H,1-4H2/t6-,7-/m1/s1. The molecular formula is C7H11BrO2. The van der Waals surface area contributed by atoms with Crippen LogP contribution in [0.2, 0.25) is 0 Å². The van der Waals surface area contributed by atoms with Crippen LogP contribution in [0.5, 0.6) is 0 Å². The smallest absolute Gasteiger partial charge is 0.293 e. The van der Waals surface area contributed by atoms with Gasteiger partial charge in [0.2, 0.25) is 0 Å². The maximum Gasteiger partial charge on any atom is 0.293 e. The second kappa shape index (κ2) is 3.96. The molecule has 0 spiro atoms. The fourth-order valence-corrected chi connectivity index (χ4v) is 1.99. The number of ether oxygens (including phenoxy) is 1. The zero-order chi connectivity index (χ0) is 7.40. The molecule has 0 heterocycles. The SMILES string of the molecule is O=CO[C@@H]1CCCC[C@H]1Br. The predicted octanol–water partition coefficient (Wildman–Crippen LogP) is 1.87. The molecule has 0 bridgehead atoms. The molecule has 1 fully saturated rings. The molecule has 3 heteroatoms. The molecule has 1 aliphatic carbocycles. The summed E-state index contributed by atoms with van der Waals surface area (Å²) in [5.41, 5.74) is 0. The molecule has 0 aliphatic heterocycles. The monoisotopic (exact) mass is 206 g/mol. The first kappa shape index (κ1) is 8.05. The Morgan fingerprint density at radius 2 is 2.10 bits per heavy atom. The highest BCUT2D eigenvalue weighted by atomic mass is 79.9. The predicted molar refractivity (Wildman–Crippen MR) is 42.1 cm³/mol. The molecule has 0 amide bonds. The van der Waals surface area contributed by atoms with Crippen LogP contribution in [-0.2, 0) is 9.53 Å². The second-order valence-corrected chi connectivity index (χ2v) is 3.75. The normalized spacial score (nSPS) is 33.3. The van der Waals surface area contributed by atoms with Gasteiger partial charge in [-0.15, -0.1) is 0 Å². The topological polar surface area (TPSA) is 26.3 Å². The molecule has 0 saturated heterocycles. The van der Waals surface area contributed by atoms with Crippen molar-refractivity contribution in [3.05, 3.63) is 0 Å². The maximum absolute atomic E-state index is 9.98. The van der Waals surface area contributed by atoms with E-state index in [-0.39, 0.29) is 6.10 Å². The molecule has 0 N–H and O–H groups in total. The van der Waals surface area contributed by atoms with Gasteiger partial charge in [0.05, 0.1) is 4.83 Å². The van der Waals surface area contributed by atoms with Crippen molar-refractivity contribution >= 4 is 22.4 Å². The molecule has 0 aromatic carbocycles. The molecule has 1 rings (SSSR count). The molecule has 58 valence electrons. The lowest BCUT2D eigenvalue weighted by Gasteiger charge is -2.25. The Morgan fingerprint density at radius 1 is 1.40 bits per heavy atom. The number of carbonyl (C=O) groups excluding carboxylic acids is 1. The summed E-state index contributed by atoms with van der Waals surface area (Å²) in [6.07, 6.45) is 4.67. The minimum atomic E-state index is 0.117. The Morgan fingerprint density at radius 3 is 2.70 bits per heavy atom. The molecule has 0 aromatic heterocycles. The molecule has 1 saturated carbocycles. The molecule has 0 unspecified atom stereocenters. The lowest BCUT2D eigenvalue weighted by atomic mass is 9.98. The van der Waals surface area contributed by atoms with Gasteiger partial charge >= 0.3 is 0 Å². The van der Waals surface area contributed by atoms with Gasteiger partial charge in [0.25, 0.3) is 6.47 Å². The van der Waals surface area contributed by atoms with Crippen LogP contribution in [0.1, 0.15) is 25.7 Å². The third-order valence-electron chi connectivity index (χ3n) is 1.85. The van der Waals surface area contributed by atoms with Crippen molar-refractivity contribution in [2.75, 3.05) is 0 Å². The molecule has 10 heavy (non-hydrogen) atoms. The summed E-state index contributed by atoms with van der Waals surface area (Å²) in [5.74, 6) is 0. The first-order valence-corrected chi connectivity index (χ1v) is 4.49. The number of halogens is 1. The molecule has 2 atom stereocenters. The second-order valence-electron chi connectivity index (χ2n) is 2.57. The minimum absolute atomic E-state index is 0.117. The molecular weight excluding hydrogens is 196 g/mol. The number of carbonyl (C=O) groups is 1. The van der Waals surface area contributed by atoms with Crippen molar-refractivity contribution in [3.63, 3.8) is 0 Å². The highest BCUT2D eigenvalue weighted by Gasteiger charge is 2.23. The van der Waals surface area contributed by atoms with Gasteiger partial charge in [-0.05, 0) is 19.3 Å². The lowest BCUT2D eigenvalue weighted by Crippen LogP contribution is -2.27. The maximum atomic E-state index is 9.98. The summed E-state index contributed by atoms with van der Waals surface area (Å²) in [7, 11) is 0. The molecule has 2 nitrogen and oxygen atoms in total. The Balaban J connectivity index is 2.32. The van der Waals surface area contributed by atoms with Crippen LogP contribution < -0.4 is 0 Å². The van der Waals surface area contributed by atoms with Gasteiger partial charge in [0.1, 0.15) is 6.10 Å². The van der Waals surface area contributed by atoms with Gasteiger partial charge in [-0.1, -0.05) is 22.4 Å². The van der Waals surface area contributed by atoms with Crippen molar-refractivity contribution in [2.45, 2.75) is 36.6 Å². The summed E-state index contributed by atoms with van der Waals surface area (Å²) in [4.78, 5) is 10.4. The number of hydrogen-bond donors (Lipinski definition) is 0. The first-order chi connectivity index (χ1) is 4.84. The quantitative estimate of drug-likeness (QED) is 0.510. The van der Waals surface area contributed by atoms with Crippen LogP contribution in [-0.4, -0.2) is 17.4 Å². The van der Waals surface area contributed by atoms with Crippen LogP contribution in [0.4, 0.5) is 0 Å². The number of hydrogen-bond acceptors (Lipinski definition) is 2. The van der Waals surface area contributed by atoms with E-state index in [1.54, 1.807) is 0 Å². The molecule has 1 aliphatic rings. The van der Waals surface area contributed by atoms with E-state index in [9.17, 15) is 4.79 Å². The average molecular weight is 207 g/mol. The van der Waals surface area contributed by atoms with Crippen molar-refractivity contribution in [1.29, 1.82) is 0 Å². The van der Waals surface area contributed by atoms with Gasteiger partial charge in [-0.25, -0.2) is 0 Å². The van der Waals surface area contributed by atoms with E-state index in [0.717, 1.165) is 12.8 Å². The number of alkyl halides is 1. The zero-order valence-electron chi connectivity index (χ0n) is 5.75. The Hall–Kier alpha value is -0.0500. The van der Waals surface area contributed by atoms with Crippen LogP contribution in [0.3, 0.4) is 0 Å². The summed E-state index contributed by atoms with van der Waals surface area (Å²) in [5, 5.41) is 0. The molecule has 0 aromatic rings. The zero-order valence-corrected chi connectivity index (χ0v) is 7.34. The van der Waals surface area contributed by atoms with E-state index < -0.39 is 0 Å². The molecule has 0 radical (unpaired) electrons. The highest BCUT2D eigenvalue weighted by molar-refractivity contribution is 9.09. The van der Waals surface area contributed by atoms with Crippen molar-refractivity contribution < 1.29 is 9.53 Å². The summed E-state index contributed by atoms with van der Waals surface area (Å²) in [6.45, 7) is 0.546. The highest BCUT2D eigenvalue weighted by Crippen LogP contribution is 2.26. The van der Waals surface area contributed by atoms with E-state index in [0.29, 0.717) is 11.3 Å². The fourth-order valence-electron chi connectivity index (χ4n) is 1.28. The van der Waals surface area contributed by atoms with Crippen LogP contribution >= 0.6 is 15.9 Å². The average Bonchev–Trinajstić information content (AvgIpc) is 1.94. The Bertz CT molecular complexity index is 116. The van der Waals surface area contributed by atoms with E-state index >= 15 is 0 Å². The summed E-state index contributed by atoms with van der Waals surface area (Å²) in [6, 6.07) is 0. The minimum Gasteiger partial charge on any atom is -0.463 e. The lowest BCUT2D eigenvalue weighted by molar-refractivity contribution is -0.134. The van der Waals surface area contributed by atoms with Crippen molar-refractivity contribution in [2.24, 2.45) is 0 Å². The Kier molecular flexibility index (Phi) is 3.19. The van der Waals surface area contributed by atoms with Gasteiger partial charge in [0, 0.05) is 0 Å². The first-order valence-electron chi connectivity index (χ1n) is 3.58. The van der Waals surface area contributed by atoms with Crippen molar-refractivity contribution in [1.82, 2.24) is 0 Å². The van der Waals surface area contributed by atoms with E-state index in [1.807, 2.05) is 0 Å². The summed E-state index contributed by atoms with van der Waals surface area (Å²) >= 11 is 3.47. The van der Waals surface area contributed by atoms with Crippen LogP contribution in [0.15, 0.2) is 0 Å². The van der Waals surface area contributed by atoms with Crippen molar-refractivity contribution in [3.8, 4) is 0 Å². The summed E-state index contributed by atoms with van der Waals surface area (Å²) < 4.78 is 4.87. The van der Waals surface area contributed by atoms with Gasteiger partial charge in [0.15, 0.2) is 0 Å². The van der Waals surface area contributed by atoms with E-state index in [4.69, 9.17) is 4.74 Å². The van der Waals surface area contributed by atoms with Gasteiger partial charge < -0.3 is 4.74 Å². The van der Waals surface area contributed by atoms with Gasteiger partial charge in [-0.3, -0.25) is 4.79 Å². The fraction of sp³-hybridized carbons (Fsp3) is 0.857. The van der Waals surface area contributed by atoms with Crippen LogP contribution in [0.25, 0.3) is 0 Å². The number of rotatable bonds is 2. The third-order valence-corrected chi connectivity index (χ3v) is 2.90. The van der Waals surface area contributed by atoms with E-state index in [2.05, 4.69) is 15.9 Å². The van der Waals surface area contributed by atoms with Gasteiger partial charge in [-0.2, -0.15) is 0 Å².